The number of guanidine groups is 1. The molecule has 0 aliphatic carbocycles. The smallest absolute Gasteiger partial charge is 0.196 e. The number of hydrogen-bond donors (Lipinski definition) is 1. The van der Waals surface area contributed by atoms with Crippen LogP contribution in [0, 0.1) is 0 Å². The molecule has 0 unspecified atom stereocenters. The minimum atomic E-state index is 0.0446. The highest BCUT2D eigenvalue weighted by Crippen LogP contribution is 2.37. The zero-order valence-corrected chi connectivity index (χ0v) is 12.2. The van der Waals surface area contributed by atoms with Gasteiger partial charge in [0.05, 0.1) is 19.2 Å². The van der Waals surface area contributed by atoms with E-state index >= 15 is 0 Å². The summed E-state index contributed by atoms with van der Waals surface area (Å²) in [5, 5.41) is 0. The van der Waals surface area contributed by atoms with Crippen molar-refractivity contribution in [1.29, 1.82) is 0 Å². The van der Waals surface area contributed by atoms with Gasteiger partial charge in [-0.25, -0.2) is 0 Å². The molecule has 2 heterocycles. The normalized spacial score (nSPS) is 22.1. The fraction of sp³-hybridized carbons (Fsp3) is 0.533. The van der Waals surface area contributed by atoms with Gasteiger partial charge < -0.3 is 20.3 Å². The van der Waals surface area contributed by atoms with Crippen molar-refractivity contribution in [2.45, 2.75) is 18.4 Å². The zero-order chi connectivity index (χ0) is 14.2. The zero-order valence-electron chi connectivity index (χ0n) is 12.2. The molecule has 0 amide bonds. The largest absolute Gasteiger partial charge is 0.497 e. The van der Waals surface area contributed by atoms with E-state index in [1.54, 1.807) is 7.11 Å². The number of likely N-dealkylation sites (tertiary alicyclic amines) is 1. The van der Waals surface area contributed by atoms with Crippen LogP contribution in [-0.2, 0) is 0 Å². The third-order valence-corrected chi connectivity index (χ3v) is 4.47. The first kappa shape index (κ1) is 13.2. The Kier molecular flexibility index (Phi) is 3.30. The number of benzene rings is 1. The predicted molar refractivity (Wildman–Crippen MR) is 81.4 cm³/mol. The van der Waals surface area contributed by atoms with Crippen LogP contribution in [0.2, 0.25) is 0 Å². The molecule has 5 nitrogen and oxygen atoms in total. The summed E-state index contributed by atoms with van der Waals surface area (Å²) in [6, 6.07) is 8.07. The Morgan fingerprint density at radius 1 is 1.30 bits per heavy atom. The molecule has 20 heavy (non-hydrogen) atoms. The van der Waals surface area contributed by atoms with Crippen molar-refractivity contribution in [2.24, 2.45) is 10.7 Å². The van der Waals surface area contributed by atoms with Crippen LogP contribution < -0.4 is 15.4 Å². The van der Waals surface area contributed by atoms with Gasteiger partial charge in [-0.3, -0.25) is 4.99 Å². The van der Waals surface area contributed by atoms with E-state index in [1.165, 1.54) is 0 Å². The molecule has 108 valence electrons. The lowest BCUT2D eigenvalue weighted by Gasteiger charge is -2.44. The molecule has 2 aliphatic heterocycles. The SMILES string of the molecule is COc1cccc(N2C(N)=NCC23CCN(C)CC3)c1. The summed E-state index contributed by atoms with van der Waals surface area (Å²) in [4.78, 5) is 9.09. The lowest BCUT2D eigenvalue weighted by molar-refractivity contribution is 0.202. The van der Waals surface area contributed by atoms with E-state index in [0.29, 0.717) is 5.96 Å². The first-order valence-electron chi connectivity index (χ1n) is 7.07. The molecule has 0 atom stereocenters. The molecule has 3 rings (SSSR count). The maximum absolute atomic E-state index is 6.16. The van der Waals surface area contributed by atoms with E-state index in [4.69, 9.17) is 10.5 Å². The average molecular weight is 274 g/mol. The number of nitrogens with zero attached hydrogens (tertiary/aromatic N) is 3. The minimum Gasteiger partial charge on any atom is -0.497 e. The van der Waals surface area contributed by atoms with Crippen molar-refractivity contribution in [3.05, 3.63) is 24.3 Å². The Morgan fingerprint density at radius 2 is 2.05 bits per heavy atom. The number of aliphatic imine (C=N–C) groups is 1. The molecular weight excluding hydrogens is 252 g/mol. The van der Waals surface area contributed by atoms with Crippen molar-refractivity contribution in [3.8, 4) is 5.75 Å². The highest BCUT2D eigenvalue weighted by molar-refractivity contribution is 5.98. The highest BCUT2D eigenvalue weighted by atomic mass is 16.5. The maximum atomic E-state index is 6.16. The molecule has 5 heteroatoms. The van der Waals surface area contributed by atoms with Crippen LogP contribution in [-0.4, -0.2) is 50.2 Å². The lowest BCUT2D eigenvalue weighted by Crippen LogP contribution is -2.57. The van der Waals surface area contributed by atoms with E-state index in [0.717, 1.165) is 43.9 Å². The minimum absolute atomic E-state index is 0.0446. The molecular formula is C15H22N4O. The second kappa shape index (κ2) is 4.98. The van der Waals surface area contributed by atoms with E-state index in [9.17, 15) is 0 Å². The monoisotopic (exact) mass is 274 g/mol. The van der Waals surface area contributed by atoms with Gasteiger partial charge in [-0.05, 0) is 32.0 Å². The third-order valence-electron chi connectivity index (χ3n) is 4.47. The second-order valence-electron chi connectivity index (χ2n) is 5.74. The number of piperidine rings is 1. The number of ether oxygens (including phenoxy) is 1. The maximum Gasteiger partial charge on any atom is 0.196 e. The van der Waals surface area contributed by atoms with Crippen LogP contribution in [0.15, 0.2) is 29.3 Å². The molecule has 1 fully saturated rings. The number of rotatable bonds is 2. The number of nitrogens with two attached hydrogens (primary N) is 1. The molecule has 2 aliphatic rings. The molecule has 0 saturated carbocycles. The van der Waals surface area contributed by atoms with Gasteiger partial charge in [0.15, 0.2) is 5.96 Å². The van der Waals surface area contributed by atoms with Gasteiger partial charge in [-0.2, -0.15) is 0 Å². The quantitative estimate of drug-likeness (QED) is 0.883. The van der Waals surface area contributed by atoms with Gasteiger partial charge in [-0.1, -0.05) is 6.07 Å². The summed E-state index contributed by atoms with van der Waals surface area (Å²) >= 11 is 0. The van der Waals surface area contributed by atoms with E-state index in [2.05, 4.69) is 27.9 Å². The Balaban J connectivity index is 1.93. The summed E-state index contributed by atoms with van der Waals surface area (Å²) in [7, 11) is 3.85. The molecule has 0 radical (unpaired) electrons. The van der Waals surface area contributed by atoms with Crippen molar-refractivity contribution in [2.75, 3.05) is 38.7 Å². The van der Waals surface area contributed by atoms with E-state index in [-0.39, 0.29) is 5.54 Å². The van der Waals surface area contributed by atoms with Gasteiger partial charge in [0.2, 0.25) is 0 Å². The first-order chi connectivity index (χ1) is 9.64. The number of anilines is 1. The van der Waals surface area contributed by atoms with Gasteiger partial charge in [0, 0.05) is 24.8 Å². The molecule has 1 saturated heterocycles. The fourth-order valence-corrected chi connectivity index (χ4v) is 3.18. The van der Waals surface area contributed by atoms with Crippen molar-refractivity contribution in [3.63, 3.8) is 0 Å². The number of hydrogen-bond acceptors (Lipinski definition) is 5. The van der Waals surface area contributed by atoms with Crippen LogP contribution in [0.4, 0.5) is 5.69 Å². The third kappa shape index (κ3) is 2.12. The van der Waals surface area contributed by atoms with E-state index in [1.807, 2.05) is 18.2 Å². The predicted octanol–water partition coefficient (Wildman–Crippen LogP) is 1.29. The highest BCUT2D eigenvalue weighted by Gasteiger charge is 2.44. The summed E-state index contributed by atoms with van der Waals surface area (Å²) in [6.45, 7) is 2.97. The second-order valence-corrected chi connectivity index (χ2v) is 5.74. The lowest BCUT2D eigenvalue weighted by atomic mass is 9.86. The molecule has 0 bridgehead atoms. The summed E-state index contributed by atoms with van der Waals surface area (Å²) in [5.74, 6) is 1.48. The fourth-order valence-electron chi connectivity index (χ4n) is 3.18. The van der Waals surface area contributed by atoms with Gasteiger partial charge in [-0.15, -0.1) is 0 Å². The summed E-state index contributed by atoms with van der Waals surface area (Å²) < 4.78 is 5.33. The average Bonchev–Trinajstić information content (AvgIpc) is 2.79. The van der Waals surface area contributed by atoms with Gasteiger partial charge in [0.25, 0.3) is 0 Å². The molecule has 1 aromatic carbocycles. The Labute approximate surface area is 120 Å². The topological polar surface area (TPSA) is 54.1 Å². The van der Waals surface area contributed by atoms with Crippen LogP contribution >= 0.6 is 0 Å². The molecule has 1 spiro atoms. The molecule has 1 aromatic rings. The van der Waals surface area contributed by atoms with Crippen LogP contribution in [0.5, 0.6) is 5.75 Å². The van der Waals surface area contributed by atoms with Crippen LogP contribution in [0.3, 0.4) is 0 Å². The van der Waals surface area contributed by atoms with Crippen molar-refractivity contribution < 1.29 is 4.74 Å². The van der Waals surface area contributed by atoms with Gasteiger partial charge >= 0.3 is 0 Å². The Morgan fingerprint density at radius 3 is 2.75 bits per heavy atom. The van der Waals surface area contributed by atoms with Crippen molar-refractivity contribution in [1.82, 2.24) is 4.90 Å². The van der Waals surface area contributed by atoms with E-state index < -0.39 is 0 Å². The summed E-state index contributed by atoms with van der Waals surface area (Å²) in [5.41, 5.74) is 7.29. The Hall–Kier alpha value is -1.75. The first-order valence-corrected chi connectivity index (χ1v) is 7.07. The Bertz CT molecular complexity index is 520. The van der Waals surface area contributed by atoms with Crippen LogP contribution in [0.25, 0.3) is 0 Å². The molecule has 2 N–H and O–H groups in total. The van der Waals surface area contributed by atoms with Gasteiger partial charge in [0.1, 0.15) is 5.75 Å². The van der Waals surface area contributed by atoms with Crippen molar-refractivity contribution >= 4 is 11.6 Å². The summed E-state index contributed by atoms with van der Waals surface area (Å²) in [6.07, 6.45) is 2.18. The number of methoxy groups -OCH3 is 1. The molecule has 0 aromatic heterocycles. The van der Waals surface area contributed by atoms with Crippen LogP contribution in [0.1, 0.15) is 12.8 Å². The standard InChI is InChI=1S/C15H22N4O/c1-18-8-6-15(7-9-18)11-17-14(16)19(15)12-4-3-5-13(10-12)20-2/h3-5,10H,6-9,11H2,1-2H3,(H2,16,17).